The predicted octanol–water partition coefficient (Wildman–Crippen LogP) is -0.140. The van der Waals surface area contributed by atoms with Crippen LogP contribution in [0.2, 0.25) is 0 Å². The van der Waals surface area contributed by atoms with Crippen LogP contribution in [-0.4, -0.2) is 185 Å². The number of imide groups is 3. The summed E-state index contributed by atoms with van der Waals surface area (Å²) >= 11 is 0. The van der Waals surface area contributed by atoms with Gasteiger partial charge in [0.15, 0.2) is 0 Å². The molecular formula is C47H62N6O23. The van der Waals surface area contributed by atoms with Crippen LogP contribution in [0, 0.1) is 0 Å². The number of carbonyl (C=O) groups excluding carboxylic acids is 15. The maximum Gasteiger partial charge on any atom is 0.333 e. The maximum absolute atomic E-state index is 12.6. The van der Waals surface area contributed by atoms with Crippen LogP contribution in [0.4, 0.5) is 0 Å². The number of ether oxygens (including phenoxy) is 4. The average molecular weight is 1080 g/mol. The highest BCUT2D eigenvalue weighted by Gasteiger charge is 2.35. The van der Waals surface area contributed by atoms with Crippen molar-refractivity contribution in [3.8, 4) is 0 Å². The van der Waals surface area contributed by atoms with Crippen molar-refractivity contribution in [3.63, 3.8) is 0 Å². The molecule has 0 atom stereocenters. The van der Waals surface area contributed by atoms with Crippen LogP contribution in [0.15, 0.2) is 12.3 Å². The molecule has 4 heterocycles. The molecule has 76 heavy (non-hydrogen) atoms. The van der Waals surface area contributed by atoms with Crippen LogP contribution in [-0.2, 0) is 110 Å². The first-order valence-electron chi connectivity index (χ1n) is 24.8. The highest BCUT2D eigenvalue weighted by atomic mass is 16.7. The fourth-order valence-electron chi connectivity index (χ4n) is 7.21. The van der Waals surface area contributed by atoms with E-state index in [1.54, 1.807) is 9.80 Å². The van der Waals surface area contributed by atoms with Crippen LogP contribution in [0.3, 0.4) is 0 Å². The maximum atomic E-state index is 12.6. The van der Waals surface area contributed by atoms with Crippen LogP contribution in [0.5, 0.6) is 0 Å². The molecule has 4 aliphatic rings. The summed E-state index contributed by atoms with van der Waals surface area (Å²) in [7, 11) is 0. The van der Waals surface area contributed by atoms with Gasteiger partial charge in [-0.3, -0.25) is 62.5 Å². The topological polar surface area (TPSA) is 349 Å². The van der Waals surface area contributed by atoms with E-state index in [1.165, 1.54) is 0 Å². The number of rotatable bonds is 35. The highest BCUT2D eigenvalue weighted by Crippen LogP contribution is 2.22. The Kier molecular flexibility index (Phi) is 25.6. The number of allylic oxidation sites excluding steroid dienone is 1. The van der Waals surface area contributed by atoms with Crippen molar-refractivity contribution in [1.29, 1.82) is 0 Å². The summed E-state index contributed by atoms with van der Waals surface area (Å²) in [5.41, 5.74) is 0.341. The summed E-state index contributed by atoms with van der Waals surface area (Å²) < 4.78 is 21.5. The van der Waals surface area contributed by atoms with Gasteiger partial charge in [0.25, 0.3) is 41.4 Å². The summed E-state index contributed by atoms with van der Waals surface area (Å²) in [5, 5.41) is 2.03. The molecule has 4 fully saturated rings. The molecule has 0 aromatic rings. The normalized spacial score (nSPS) is 15.6. The van der Waals surface area contributed by atoms with Gasteiger partial charge in [-0.15, -0.1) is 20.3 Å². The zero-order valence-corrected chi connectivity index (χ0v) is 42.0. The zero-order chi connectivity index (χ0) is 55.6. The molecule has 0 N–H and O–H groups in total. The lowest BCUT2D eigenvalue weighted by Gasteiger charge is -2.27. The van der Waals surface area contributed by atoms with Crippen molar-refractivity contribution in [2.45, 2.75) is 128 Å². The van der Waals surface area contributed by atoms with E-state index in [4.69, 9.17) is 38.3 Å². The Morgan fingerprint density at radius 2 is 0.526 bits per heavy atom. The molecule has 0 aliphatic carbocycles. The second kappa shape index (κ2) is 31.9. The first-order valence-corrected chi connectivity index (χ1v) is 24.8. The molecule has 0 bridgehead atoms. The molecule has 0 spiro atoms. The third-order valence-electron chi connectivity index (χ3n) is 11.4. The van der Waals surface area contributed by atoms with Crippen LogP contribution >= 0.6 is 0 Å². The second-order valence-electron chi connectivity index (χ2n) is 17.3. The number of hydrogen-bond donors (Lipinski definition) is 0. The van der Waals surface area contributed by atoms with Gasteiger partial charge < -0.3 is 38.3 Å². The van der Waals surface area contributed by atoms with E-state index in [-0.39, 0.29) is 188 Å². The minimum atomic E-state index is -0.892. The van der Waals surface area contributed by atoms with Crippen LogP contribution < -0.4 is 0 Å². The van der Waals surface area contributed by atoms with Crippen molar-refractivity contribution >= 4 is 89.1 Å². The molecule has 7 amide bonds. The van der Waals surface area contributed by atoms with Gasteiger partial charge in [-0.25, -0.2) is 19.2 Å². The fourth-order valence-corrected chi connectivity index (χ4v) is 7.21. The third-order valence-corrected chi connectivity index (χ3v) is 11.4. The van der Waals surface area contributed by atoms with Crippen LogP contribution in [0.1, 0.15) is 128 Å². The van der Waals surface area contributed by atoms with Gasteiger partial charge in [0.1, 0.15) is 26.4 Å². The first-order chi connectivity index (χ1) is 36.3. The number of hydroxylamine groups is 8. The Morgan fingerprint density at radius 3 is 0.763 bits per heavy atom. The molecule has 418 valence electrons. The molecule has 0 radical (unpaired) electrons. The number of nitrogens with zero attached hydrogens (tertiary/aromatic N) is 6. The monoisotopic (exact) mass is 1080 g/mol. The van der Waals surface area contributed by atoms with Crippen molar-refractivity contribution in [2.24, 2.45) is 0 Å². The molecule has 4 aliphatic heterocycles. The van der Waals surface area contributed by atoms with Crippen molar-refractivity contribution in [1.82, 2.24) is 30.1 Å². The SMILES string of the molecule is C=C1CCC(=O)N1OC(=O)CCCC(=O)OCCN(CCOC(=O)CCCC(=O)ON1C(=O)CCC1=O)CCN(CCOC(=O)CCCC(=O)ON1C(=O)CCC1=O)CCOC(=O)CCCC(=O)ON1C(=O)CCC1=O. The second-order valence-corrected chi connectivity index (χ2v) is 17.3. The quantitative estimate of drug-likeness (QED) is 0.0453. The average Bonchev–Trinajstić information content (AvgIpc) is 4.08. The lowest BCUT2D eigenvalue weighted by molar-refractivity contribution is -0.197. The Bertz CT molecular complexity index is 1870. The van der Waals surface area contributed by atoms with E-state index in [0.717, 1.165) is 5.06 Å². The van der Waals surface area contributed by atoms with Gasteiger partial charge in [0.05, 0.1) is 5.70 Å². The van der Waals surface area contributed by atoms with Gasteiger partial charge >= 0.3 is 47.8 Å². The van der Waals surface area contributed by atoms with Gasteiger partial charge in [-0.2, -0.15) is 0 Å². The fraction of sp³-hybridized carbons (Fsp3) is 0.638. The van der Waals surface area contributed by atoms with E-state index in [2.05, 4.69) is 6.58 Å². The summed E-state index contributed by atoms with van der Waals surface area (Å²) in [4.78, 5) is 204. The molecule has 4 rings (SSSR count). The number of hydrogen-bond acceptors (Lipinski definition) is 25. The van der Waals surface area contributed by atoms with Crippen LogP contribution in [0.25, 0.3) is 0 Å². The standard InChI is InChI=1S/C47H62N6O23/c1-32-14-15-33(54)50(32)73-44(65)10-2-6-40(61)69-28-24-48(25-29-70-41(62)7-3-11-45(66)74-51-34(55)16-17-35(51)56)22-23-49(26-30-71-42(63)8-4-12-46(67)75-52-36(57)18-19-37(52)58)27-31-72-43(64)9-5-13-47(68)76-53-38(59)20-21-39(53)60/h1-31H2. The zero-order valence-electron chi connectivity index (χ0n) is 42.0. The Hall–Kier alpha value is -7.69. The minimum Gasteiger partial charge on any atom is -0.464 e. The smallest absolute Gasteiger partial charge is 0.333 e. The largest absolute Gasteiger partial charge is 0.464 e. The van der Waals surface area contributed by atoms with Crippen molar-refractivity contribution in [2.75, 3.05) is 65.7 Å². The van der Waals surface area contributed by atoms with E-state index in [1.807, 2.05) is 0 Å². The number of carbonyl (C=O) groups is 15. The minimum absolute atomic E-state index is 0.0216. The van der Waals surface area contributed by atoms with Gasteiger partial charge in [0.2, 0.25) is 0 Å². The molecular weight excluding hydrogens is 1020 g/mol. The number of esters is 4. The third kappa shape index (κ3) is 22.0. The van der Waals surface area contributed by atoms with E-state index >= 15 is 0 Å². The highest BCUT2D eigenvalue weighted by molar-refractivity contribution is 6.03. The van der Waals surface area contributed by atoms with E-state index < -0.39 is 89.1 Å². The molecule has 0 unspecified atom stereocenters. The molecule has 29 nitrogen and oxygen atoms in total. The first kappa shape index (κ1) is 60.9. The summed E-state index contributed by atoms with van der Waals surface area (Å²) in [6, 6.07) is 0. The van der Waals surface area contributed by atoms with E-state index in [9.17, 15) is 71.9 Å². The van der Waals surface area contributed by atoms with Gasteiger partial charge in [-0.1, -0.05) is 6.58 Å². The van der Waals surface area contributed by atoms with E-state index in [0.29, 0.717) is 27.3 Å². The summed E-state index contributed by atoms with van der Waals surface area (Å²) in [5.74, 6) is -10.4. The molecule has 0 aromatic carbocycles. The van der Waals surface area contributed by atoms with Gasteiger partial charge in [-0.05, 0) is 32.1 Å². The Morgan fingerprint density at radius 1 is 0.316 bits per heavy atom. The summed E-state index contributed by atoms with van der Waals surface area (Å²) in [6.07, 6.45) is -1.90. The number of amides is 7. The van der Waals surface area contributed by atoms with Crippen molar-refractivity contribution in [3.05, 3.63) is 12.3 Å². The predicted molar refractivity (Wildman–Crippen MR) is 245 cm³/mol. The van der Waals surface area contributed by atoms with Gasteiger partial charge in [0, 0.05) is 136 Å². The molecule has 4 saturated heterocycles. The molecule has 0 saturated carbocycles. The molecule has 0 aromatic heterocycles. The summed E-state index contributed by atoms with van der Waals surface area (Å²) in [6.45, 7) is 3.69. The lowest BCUT2D eigenvalue weighted by atomic mass is 10.2. The Labute approximate surface area is 435 Å². The molecule has 29 heteroatoms. The lowest BCUT2D eigenvalue weighted by Crippen LogP contribution is -2.41. The van der Waals surface area contributed by atoms with Crippen molar-refractivity contribution < 1.29 is 110 Å². The Balaban J connectivity index is 1.28.